The summed E-state index contributed by atoms with van der Waals surface area (Å²) in [6, 6.07) is 10.0. The van der Waals surface area contributed by atoms with E-state index in [1.54, 1.807) is 49.5 Å². The van der Waals surface area contributed by atoms with Crippen LogP contribution in [0.1, 0.15) is 21.5 Å². The number of aromatic nitrogens is 1. The summed E-state index contributed by atoms with van der Waals surface area (Å²) in [5.74, 6) is 0.522. The minimum Gasteiger partial charge on any atom is -0.456 e. The molecule has 0 aliphatic carbocycles. The van der Waals surface area contributed by atoms with Crippen LogP contribution in [0.5, 0.6) is 11.5 Å². The number of hydrogen-bond donors (Lipinski definition) is 1. The molecule has 2 aromatic carbocycles. The van der Waals surface area contributed by atoms with E-state index in [1.807, 2.05) is 0 Å². The summed E-state index contributed by atoms with van der Waals surface area (Å²) in [4.78, 5) is 27.5. The average Bonchev–Trinajstić information content (AvgIpc) is 2.72. The number of amides is 1. The van der Waals surface area contributed by atoms with E-state index in [0.29, 0.717) is 71.1 Å². The van der Waals surface area contributed by atoms with E-state index < -0.39 is 5.82 Å². The fourth-order valence-corrected chi connectivity index (χ4v) is 3.29. The molecule has 0 spiro atoms. The van der Waals surface area contributed by atoms with Crippen molar-refractivity contribution in [1.29, 1.82) is 0 Å². The highest BCUT2D eigenvalue weighted by Gasteiger charge is 2.19. The van der Waals surface area contributed by atoms with Gasteiger partial charge in [-0.3, -0.25) is 9.78 Å². The van der Waals surface area contributed by atoms with Crippen LogP contribution in [-0.2, 0) is 16.0 Å². The minimum absolute atomic E-state index is 0.0105. The first-order valence-electron chi connectivity index (χ1n) is 9.71. The van der Waals surface area contributed by atoms with Gasteiger partial charge in [0, 0.05) is 41.6 Å². The molecule has 154 valence electrons. The third kappa shape index (κ3) is 4.02. The zero-order valence-electron chi connectivity index (χ0n) is 16.5. The number of aldehydes is 1. The molecule has 0 saturated carbocycles. The summed E-state index contributed by atoms with van der Waals surface area (Å²) in [6.07, 6.45) is 2.27. The Labute approximate surface area is 173 Å². The van der Waals surface area contributed by atoms with Gasteiger partial charge in [-0.2, -0.15) is 0 Å². The largest absolute Gasteiger partial charge is 0.456 e. The van der Waals surface area contributed by atoms with Crippen molar-refractivity contribution in [3.63, 3.8) is 0 Å². The van der Waals surface area contributed by atoms with Crippen molar-refractivity contribution < 1.29 is 23.5 Å². The molecule has 0 radical (unpaired) electrons. The number of fused-ring (bicyclic) bond motifs is 1. The van der Waals surface area contributed by atoms with Gasteiger partial charge in [-0.1, -0.05) is 6.07 Å². The number of halogens is 1. The third-order valence-electron chi connectivity index (χ3n) is 5.16. The number of carbonyl (C=O) groups is 2. The van der Waals surface area contributed by atoms with E-state index in [-0.39, 0.29) is 12.3 Å². The number of rotatable bonds is 7. The number of pyridine rings is 1. The molecule has 1 aliphatic rings. The van der Waals surface area contributed by atoms with Gasteiger partial charge in [-0.25, -0.2) is 4.39 Å². The van der Waals surface area contributed by atoms with E-state index in [0.717, 1.165) is 0 Å². The Morgan fingerprint density at radius 1 is 1.27 bits per heavy atom. The Balaban J connectivity index is 1.61. The Bertz CT molecular complexity index is 1110. The van der Waals surface area contributed by atoms with Gasteiger partial charge in [0.2, 0.25) is 0 Å². The SMILES string of the molecule is Cc1c(Oc2ccnc3ccc(C(=O)NCC4COC4)cc23)ccc(CC=O)c1F. The van der Waals surface area contributed by atoms with Crippen LogP contribution >= 0.6 is 0 Å². The fraction of sp³-hybridized carbons (Fsp3) is 0.261. The third-order valence-corrected chi connectivity index (χ3v) is 5.16. The Morgan fingerprint density at radius 3 is 2.83 bits per heavy atom. The molecule has 1 N–H and O–H groups in total. The molecule has 0 unspecified atom stereocenters. The first-order chi connectivity index (χ1) is 14.6. The molecule has 7 heteroatoms. The summed E-state index contributed by atoms with van der Waals surface area (Å²) in [5.41, 5.74) is 1.79. The molecule has 1 aliphatic heterocycles. The lowest BCUT2D eigenvalue weighted by Gasteiger charge is -2.25. The Kier molecular flexibility index (Phi) is 5.72. The maximum Gasteiger partial charge on any atom is 0.251 e. The van der Waals surface area contributed by atoms with Crippen molar-refractivity contribution in [2.45, 2.75) is 13.3 Å². The molecule has 1 amide bonds. The van der Waals surface area contributed by atoms with Crippen LogP contribution in [-0.4, -0.2) is 36.9 Å². The van der Waals surface area contributed by atoms with Gasteiger partial charge in [0.05, 0.1) is 18.7 Å². The molecular formula is C23H21FN2O4. The van der Waals surface area contributed by atoms with E-state index in [2.05, 4.69) is 10.3 Å². The maximum atomic E-state index is 14.5. The number of nitrogens with one attached hydrogen (secondary N) is 1. The molecule has 4 rings (SSSR count). The topological polar surface area (TPSA) is 77.5 Å². The van der Waals surface area contributed by atoms with Gasteiger partial charge in [0.15, 0.2) is 0 Å². The van der Waals surface area contributed by atoms with Gasteiger partial charge in [0.25, 0.3) is 5.91 Å². The zero-order chi connectivity index (χ0) is 21.1. The molecule has 0 bridgehead atoms. The second-order valence-electron chi connectivity index (χ2n) is 7.29. The molecule has 1 aromatic heterocycles. The number of ether oxygens (including phenoxy) is 2. The van der Waals surface area contributed by atoms with Crippen molar-refractivity contribution in [2.75, 3.05) is 19.8 Å². The van der Waals surface area contributed by atoms with Crippen molar-refractivity contribution >= 4 is 23.1 Å². The van der Waals surface area contributed by atoms with Crippen LogP contribution < -0.4 is 10.1 Å². The van der Waals surface area contributed by atoms with E-state index in [4.69, 9.17) is 9.47 Å². The molecule has 1 saturated heterocycles. The Morgan fingerprint density at radius 2 is 2.10 bits per heavy atom. The van der Waals surface area contributed by atoms with Crippen molar-refractivity contribution in [3.05, 3.63) is 65.1 Å². The summed E-state index contributed by atoms with van der Waals surface area (Å²) in [5, 5.41) is 3.56. The van der Waals surface area contributed by atoms with Crippen LogP contribution in [0.4, 0.5) is 4.39 Å². The van der Waals surface area contributed by atoms with Crippen LogP contribution in [0, 0.1) is 18.7 Å². The molecule has 30 heavy (non-hydrogen) atoms. The predicted molar refractivity (Wildman–Crippen MR) is 109 cm³/mol. The Hall–Kier alpha value is -3.32. The highest BCUT2D eigenvalue weighted by atomic mass is 19.1. The summed E-state index contributed by atoms with van der Waals surface area (Å²) in [6.45, 7) is 3.51. The number of benzene rings is 2. The first-order valence-corrected chi connectivity index (χ1v) is 9.71. The fourth-order valence-electron chi connectivity index (χ4n) is 3.29. The molecule has 6 nitrogen and oxygen atoms in total. The second-order valence-corrected chi connectivity index (χ2v) is 7.29. The summed E-state index contributed by atoms with van der Waals surface area (Å²) < 4.78 is 25.6. The quantitative estimate of drug-likeness (QED) is 0.605. The minimum atomic E-state index is -0.460. The number of nitrogens with zero attached hydrogens (tertiary/aromatic N) is 1. The number of hydrogen-bond acceptors (Lipinski definition) is 5. The van der Waals surface area contributed by atoms with Crippen LogP contribution in [0.3, 0.4) is 0 Å². The smallest absolute Gasteiger partial charge is 0.251 e. The molecule has 1 fully saturated rings. The van der Waals surface area contributed by atoms with Gasteiger partial charge in [-0.05, 0) is 42.8 Å². The lowest BCUT2D eigenvalue weighted by Crippen LogP contribution is -2.39. The standard InChI is InChI=1S/C23H21FN2O4/c1-14-20(5-3-16(7-9-27)22(14)24)30-21-6-8-25-19-4-2-17(10-18(19)21)23(28)26-11-15-12-29-13-15/h2-6,8-10,15H,7,11-13H2,1H3,(H,26,28). The van der Waals surface area contributed by atoms with Gasteiger partial charge in [-0.15, -0.1) is 0 Å². The monoisotopic (exact) mass is 408 g/mol. The van der Waals surface area contributed by atoms with Crippen molar-refractivity contribution in [2.24, 2.45) is 5.92 Å². The van der Waals surface area contributed by atoms with E-state index in [1.165, 1.54) is 0 Å². The summed E-state index contributed by atoms with van der Waals surface area (Å²) in [7, 11) is 0. The predicted octanol–water partition coefficient (Wildman–Crippen LogP) is 3.59. The lowest BCUT2D eigenvalue weighted by atomic mass is 10.1. The summed E-state index contributed by atoms with van der Waals surface area (Å²) >= 11 is 0. The first kappa shape index (κ1) is 20.0. The lowest BCUT2D eigenvalue weighted by molar-refractivity contribution is -0.107. The van der Waals surface area contributed by atoms with Gasteiger partial charge < -0.3 is 19.6 Å². The van der Waals surface area contributed by atoms with Crippen LogP contribution in [0.15, 0.2) is 42.6 Å². The molecule has 2 heterocycles. The van der Waals surface area contributed by atoms with Gasteiger partial charge >= 0.3 is 0 Å². The zero-order valence-corrected chi connectivity index (χ0v) is 16.5. The second kappa shape index (κ2) is 8.59. The van der Waals surface area contributed by atoms with Crippen molar-refractivity contribution in [3.8, 4) is 11.5 Å². The maximum absolute atomic E-state index is 14.5. The normalized spacial score (nSPS) is 13.7. The molecule has 0 atom stereocenters. The molecule has 3 aromatic rings. The van der Waals surface area contributed by atoms with Gasteiger partial charge in [0.1, 0.15) is 23.6 Å². The van der Waals surface area contributed by atoms with E-state index in [9.17, 15) is 14.0 Å². The highest BCUT2D eigenvalue weighted by molar-refractivity contribution is 5.99. The van der Waals surface area contributed by atoms with Crippen LogP contribution in [0.25, 0.3) is 10.9 Å². The highest BCUT2D eigenvalue weighted by Crippen LogP contribution is 2.33. The van der Waals surface area contributed by atoms with Crippen LogP contribution in [0.2, 0.25) is 0 Å². The van der Waals surface area contributed by atoms with E-state index >= 15 is 0 Å². The average molecular weight is 408 g/mol. The molecular weight excluding hydrogens is 387 g/mol. The number of carbonyl (C=O) groups excluding carboxylic acids is 2. The van der Waals surface area contributed by atoms with Crippen molar-refractivity contribution in [1.82, 2.24) is 10.3 Å².